The van der Waals surface area contributed by atoms with Crippen molar-refractivity contribution < 1.29 is 19.1 Å². The first-order valence-corrected chi connectivity index (χ1v) is 12.1. The van der Waals surface area contributed by atoms with Crippen LogP contribution in [-0.4, -0.2) is 59.4 Å². The zero-order valence-electron chi connectivity index (χ0n) is 18.8. The number of benzene rings is 1. The van der Waals surface area contributed by atoms with Crippen molar-refractivity contribution in [3.8, 4) is 0 Å². The van der Waals surface area contributed by atoms with Crippen molar-refractivity contribution in [2.45, 2.75) is 13.0 Å². The Morgan fingerprint density at radius 2 is 1.89 bits per heavy atom. The number of carbonyl (C=O) groups excluding carboxylic acids is 3. The molecular weight excluding hydrogens is 513 g/mol. The fourth-order valence-corrected chi connectivity index (χ4v) is 4.21. The van der Waals surface area contributed by atoms with Crippen molar-refractivity contribution in [3.63, 3.8) is 0 Å². The van der Waals surface area contributed by atoms with E-state index in [0.29, 0.717) is 22.4 Å². The molecule has 9 nitrogen and oxygen atoms in total. The van der Waals surface area contributed by atoms with Crippen molar-refractivity contribution in [1.82, 2.24) is 20.2 Å². The molecule has 12 heteroatoms. The monoisotopic (exact) mass is 535 g/mol. The second kappa shape index (κ2) is 13.1. The molecule has 0 bridgehead atoms. The minimum Gasteiger partial charge on any atom is -0.383 e. The lowest BCUT2D eigenvalue weighted by Gasteiger charge is -2.22. The molecular formula is C23H23Cl2N5O4S. The summed E-state index contributed by atoms with van der Waals surface area (Å²) in [5.74, 6) is -1.06. The second-order valence-electron chi connectivity index (χ2n) is 7.34. The maximum atomic E-state index is 13.0. The summed E-state index contributed by atoms with van der Waals surface area (Å²) in [6, 6.07) is 8.17. The molecule has 2 N–H and O–H groups in total. The molecule has 0 unspecified atom stereocenters. The first-order chi connectivity index (χ1) is 16.9. The van der Waals surface area contributed by atoms with Crippen LogP contribution < -0.4 is 10.6 Å². The summed E-state index contributed by atoms with van der Waals surface area (Å²) < 4.78 is 5.06. The average Bonchev–Trinajstić information content (AvgIpc) is 3.27. The van der Waals surface area contributed by atoms with Gasteiger partial charge in [0.1, 0.15) is 6.54 Å². The number of aromatic nitrogens is 2. The van der Waals surface area contributed by atoms with Gasteiger partial charge in [-0.15, -0.1) is 11.3 Å². The van der Waals surface area contributed by atoms with E-state index >= 15 is 0 Å². The van der Waals surface area contributed by atoms with E-state index in [1.165, 1.54) is 35.5 Å². The molecule has 0 saturated heterocycles. The lowest BCUT2D eigenvalue weighted by atomic mass is 10.2. The van der Waals surface area contributed by atoms with E-state index in [0.717, 1.165) is 5.56 Å². The second-order valence-corrected chi connectivity index (χ2v) is 9.05. The third kappa shape index (κ3) is 8.29. The van der Waals surface area contributed by atoms with Gasteiger partial charge in [-0.05, 0) is 35.9 Å². The molecule has 2 heterocycles. The van der Waals surface area contributed by atoms with Crippen molar-refractivity contribution in [2.75, 3.05) is 32.1 Å². The van der Waals surface area contributed by atoms with Crippen molar-refractivity contribution in [1.29, 1.82) is 0 Å². The van der Waals surface area contributed by atoms with Crippen LogP contribution in [0.1, 0.15) is 21.6 Å². The van der Waals surface area contributed by atoms with Crippen LogP contribution in [0.3, 0.4) is 0 Å². The van der Waals surface area contributed by atoms with Crippen LogP contribution in [0.4, 0.5) is 5.13 Å². The molecule has 3 rings (SSSR count). The van der Waals surface area contributed by atoms with Crippen molar-refractivity contribution in [2.24, 2.45) is 0 Å². The van der Waals surface area contributed by atoms with Crippen LogP contribution in [0.2, 0.25) is 10.0 Å². The summed E-state index contributed by atoms with van der Waals surface area (Å²) in [4.78, 5) is 47.4. The Balaban J connectivity index is 1.55. The average molecular weight is 536 g/mol. The van der Waals surface area contributed by atoms with Gasteiger partial charge in [0.15, 0.2) is 5.13 Å². The fraction of sp³-hybridized carbons (Fsp3) is 0.261. The number of nitrogens with one attached hydrogen (secondary N) is 2. The number of pyridine rings is 1. The Hall–Kier alpha value is -3.05. The molecule has 35 heavy (non-hydrogen) atoms. The van der Waals surface area contributed by atoms with E-state index in [1.807, 2.05) is 12.1 Å². The number of ether oxygens (including phenoxy) is 1. The molecule has 184 valence electrons. The minimum absolute atomic E-state index is 0.0744. The molecule has 3 aromatic rings. The van der Waals surface area contributed by atoms with Crippen molar-refractivity contribution >= 4 is 57.4 Å². The third-order valence-corrected chi connectivity index (χ3v) is 6.08. The highest BCUT2D eigenvalue weighted by atomic mass is 35.5. The molecule has 0 atom stereocenters. The zero-order chi connectivity index (χ0) is 25.2. The van der Waals surface area contributed by atoms with Crippen LogP contribution >= 0.6 is 34.5 Å². The molecule has 0 radical (unpaired) electrons. The van der Waals surface area contributed by atoms with E-state index < -0.39 is 11.8 Å². The summed E-state index contributed by atoms with van der Waals surface area (Å²) in [5, 5.41) is 8.11. The van der Waals surface area contributed by atoms with E-state index in [9.17, 15) is 14.4 Å². The number of rotatable bonds is 11. The van der Waals surface area contributed by atoms with Gasteiger partial charge in [-0.1, -0.05) is 23.2 Å². The van der Waals surface area contributed by atoms with Gasteiger partial charge in [0, 0.05) is 43.0 Å². The number of anilines is 1. The SMILES string of the molecule is COCCN(CC(=O)Nc1nc(CC(=O)NCc2ccncc2)cs1)C(=O)c1ccc(Cl)cc1Cl. The number of nitrogens with zero attached hydrogens (tertiary/aromatic N) is 3. The first kappa shape index (κ1) is 26.6. The highest BCUT2D eigenvalue weighted by Gasteiger charge is 2.22. The van der Waals surface area contributed by atoms with Crippen LogP contribution in [0.15, 0.2) is 48.1 Å². The molecule has 0 spiro atoms. The predicted molar refractivity (Wildman–Crippen MR) is 135 cm³/mol. The summed E-state index contributed by atoms with van der Waals surface area (Å²) in [5.41, 5.74) is 1.69. The molecule has 0 saturated carbocycles. The van der Waals surface area contributed by atoms with Gasteiger partial charge in [0.25, 0.3) is 5.91 Å². The van der Waals surface area contributed by atoms with Crippen LogP contribution in [0.5, 0.6) is 0 Å². The van der Waals surface area contributed by atoms with Crippen LogP contribution in [0, 0.1) is 0 Å². The largest absolute Gasteiger partial charge is 0.383 e. The molecule has 1 aromatic carbocycles. The van der Waals surface area contributed by atoms with Gasteiger partial charge in [0.05, 0.1) is 29.3 Å². The van der Waals surface area contributed by atoms with Gasteiger partial charge in [-0.2, -0.15) is 0 Å². The van der Waals surface area contributed by atoms with E-state index in [2.05, 4.69) is 20.6 Å². The van der Waals surface area contributed by atoms with E-state index in [-0.39, 0.29) is 42.6 Å². The van der Waals surface area contributed by atoms with Gasteiger partial charge in [-0.25, -0.2) is 4.98 Å². The lowest BCUT2D eigenvalue weighted by Crippen LogP contribution is -2.40. The van der Waals surface area contributed by atoms with Gasteiger partial charge < -0.3 is 20.3 Å². The normalized spacial score (nSPS) is 10.6. The molecule has 0 aliphatic rings. The minimum atomic E-state index is -0.442. The zero-order valence-corrected chi connectivity index (χ0v) is 21.1. The number of amides is 3. The first-order valence-electron chi connectivity index (χ1n) is 10.5. The maximum absolute atomic E-state index is 13.0. The molecule has 0 aliphatic heterocycles. The standard InChI is InChI=1S/C23H23Cl2N5O4S/c1-34-9-8-30(22(33)18-3-2-16(24)10-19(18)25)13-21(32)29-23-28-17(14-35-23)11-20(31)27-12-15-4-6-26-7-5-15/h2-7,10,14H,8-9,11-13H2,1H3,(H,27,31)(H,28,29,32). The summed E-state index contributed by atoms with van der Waals surface area (Å²) in [7, 11) is 1.50. The number of halogens is 2. The third-order valence-electron chi connectivity index (χ3n) is 4.73. The van der Waals surface area contributed by atoms with E-state index in [4.69, 9.17) is 27.9 Å². The predicted octanol–water partition coefficient (Wildman–Crippen LogP) is 3.43. The Bertz CT molecular complexity index is 1180. The Morgan fingerprint density at radius 1 is 1.11 bits per heavy atom. The van der Waals surface area contributed by atoms with Crippen LogP contribution in [0.25, 0.3) is 0 Å². The molecule has 2 aromatic heterocycles. The van der Waals surface area contributed by atoms with Crippen LogP contribution in [-0.2, 0) is 27.3 Å². The van der Waals surface area contributed by atoms with Gasteiger partial charge in [0.2, 0.25) is 11.8 Å². The highest BCUT2D eigenvalue weighted by molar-refractivity contribution is 7.13. The Morgan fingerprint density at radius 3 is 2.60 bits per heavy atom. The van der Waals surface area contributed by atoms with Gasteiger partial charge >= 0.3 is 0 Å². The fourth-order valence-electron chi connectivity index (χ4n) is 2.99. The summed E-state index contributed by atoms with van der Waals surface area (Å²) in [6.45, 7) is 0.573. The van der Waals surface area contributed by atoms with Crippen molar-refractivity contribution in [3.05, 3.63) is 75.0 Å². The smallest absolute Gasteiger partial charge is 0.255 e. The number of hydrogen-bond acceptors (Lipinski definition) is 7. The van der Waals surface area contributed by atoms with Gasteiger partial charge in [-0.3, -0.25) is 19.4 Å². The lowest BCUT2D eigenvalue weighted by molar-refractivity contribution is -0.120. The molecule has 0 aliphatic carbocycles. The maximum Gasteiger partial charge on any atom is 0.255 e. The summed E-state index contributed by atoms with van der Waals surface area (Å²) in [6.07, 6.45) is 3.39. The molecule has 3 amide bonds. The number of thiazole rings is 1. The topological polar surface area (TPSA) is 114 Å². The molecule has 0 fully saturated rings. The summed E-state index contributed by atoms with van der Waals surface area (Å²) >= 11 is 13.3. The Kier molecular flexibility index (Phi) is 9.98. The highest BCUT2D eigenvalue weighted by Crippen LogP contribution is 2.22. The number of hydrogen-bond donors (Lipinski definition) is 2. The Labute approximate surface area is 216 Å². The quantitative estimate of drug-likeness (QED) is 0.388. The van der Waals surface area contributed by atoms with E-state index in [1.54, 1.807) is 23.8 Å². The number of carbonyl (C=O) groups is 3. The number of methoxy groups -OCH3 is 1.